The minimum Gasteiger partial charge on any atom is -0.380 e. The molecule has 1 N–H and O–H groups in total. The van der Waals surface area contributed by atoms with Crippen molar-refractivity contribution < 1.29 is 4.74 Å². The van der Waals surface area contributed by atoms with Crippen LogP contribution in [-0.4, -0.2) is 34.8 Å². The molecule has 2 rings (SSSR count). The van der Waals surface area contributed by atoms with Gasteiger partial charge in [-0.1, -0.05) is 5.21 Å². The zero-order chi connectivity index (χ0) is 13.0. The Morgan fingerprint density at radius 2 is 2.22 bits per heavy atom. The minimum absolute atomic E-state index is 0.00136. The van der Waals surface area contributed by atoms with Crippen LogP contribution >= 0.6 is 0 Å². The van der Waals surface area contributed by atoms with E-state index in [1.54, 1.807) is 0 Å². The fourth-order valence-corrected chi connectivity index (χ4v) is 1.60. The number of ether oxygens (including phenoxy) is 1. The van der Waals surface area contributed by atoms with Crippen molar-refractivity contribution >= 4 is 0 Å². The summed E-state index contributed by atoms with van der Waals surface area (Å²) in [6, 6.07) is 0. The third-order valence-electron chi connectivity index (χ3n) is 3.01. The molecule has 0 amide bonds. The zero-order valence-corrected chi connectivity index (χ0v) is 11.6. The van der Waals surface area contributed by atoms with Crippen molar-refractivity contribution in [3.05, 3.63) is 11.9 Å². The van der Waals surface area contributed by atoms with Crippen LogP contribution in [0.25, 0.3) is 0 Å². The molecule has 18 heavy (non-hydrogen) atoms. The van der Waals surface area contributed by atoms with E-state index in [0.717, 1.165) is 37.9 Å². The summed E-state index contributed by atoms with van der Waals surface area (Å²) in [5.74, 6) is 0.844. The zero-order valence-electron chi connectivity index (χ0n) is 11.6. The Balaban J connectivity index is 1.59. The third-order valence-corrected chi connectivity index (χ3v) is 3.01. The van der Waals surface area contributed by atoms with Crippen molar-refractivity contribution in [1.82, 2.24) is 20.3 Å². The quantitative estimate of drug-likeness (QED) is 0.748. The molecule has 0 aliphatic heterocycles. The molecule has 1 fully saturated rings. The van der Waals surface area contributed by atoms with Crippen molar-refractivity contribution in [2.75, 3.05) is 19.8 Å². The van der Waals surface area contributed by atoms with Gasteiger partial charge in [0.25, 0.3) is 0 Å². The molecule has 0 bridgehead atoms. The molecule has 1 aliphatic rings. The Kier molecular flexibility index (Phi) is 4.35. The standard InChI is InChI=1S/C13H24N4O/c1-13(2,3)17-9-12(15-16-17)8-14-6-7-18-10-11-4-5-11/h9,11,14H,4-8,10H2,1-3H3. The highest BCUT2D eigenvalue weighted by Gasteiger charge is 2.20. The maximum atomic E-state index is 5.55. The van der Waals surface area contributed by atoms with Gasteiger partial charge in [-0.2, -0.15) is 0 Å². The molecule has 1 heterocycles. The summed E-state index contributed by atoms with van der Waals surface area (Å²) in [6.07, 6.45) is 4.70. The highest BCUT2D eigenvalue weighted by Crippen LogP contribution is 2.28. The molecule has 1 aromatic heterocycles. The number of nitrogens with one attached hydrogen (secondary N) is 1. The molecule has 1 saturated carbocycles. The van der Waals surface area contributed by atoms with Gasteiger partial charge in [0.15, 0.2) is 0 Å². The van der Waals surface area contributed by atoms with E-state index in [1.807, 2.05) is 10.9 Å². The maximum Gasteiger partial charge on any atom is 0.0965 e. The lowest BCUT2D eigenvalue weighted by molar-refractivity contribution is 0.126. The Bertz CT molecular complexity index is 365. The second-order valence-electron chi connectivity index (χ2n) is 6.02. The van der Waals surface area contributed by atoms with Crippen LogP contribution in [0.15, 0.2) is 6.20 Å². The highest BCUT2D eigenvalue weighted by molar-refractivity contribution is 4.93. The fourth-order valence-electron chi connectivity index (χ4n) is 1.60. The van der Waals surface area contributed by atoms with E-state index in [-0.39, 0.29) is 5.54 Å². The second kappa shape index (κ2) is 5.80. The highest BCUT2D eigenvalue weighted by atomic mass is 16.5. The van der Waals surface area contributed by atoms with Crippen LogP contribution in [0.2, 0.25) is 0 Å². The number of hydrogen-bond donors (Lipinski definition) is 1. The van der Waals surface area contributed by atoms with Gasteiger partial charge < -0.3 is 10.1 Å². The Hall–Kier alpha value is -0.940. The molecule has 5 nitrogen and oxygen atoms in total. The van der Waals surface area contributed by atoms with Crippen LogP contribution in [0.3, 0.4) is 0 Å². The van der Waals surface area contributed by atoms with E-state index in [9.17, 15) is 0 Å². The van der Waals surface area contributed by atoms with Crippen molar-refractivity contribution in [3.63, 3.8) is 0 Å². The van der Waals surface area contributed by atoms with Gasteiger partial charge >= 0.3 is 0 Å². The summed E-state index contributed by atoms with van der Waals surface area (Å²) < 4.78 is 7.45. The van der Waals surface area contributed by atoms with Crippen LogP contribution in [0.5, 0.6) is 0 Å². The first-order chi connectivity index (χ1) is 8.55. The molecular weight excluding hydrogens is 228 g/mol. The van der Waals surface area contributed by atoms with Crippen molar-refractivity contribution in [2.45, 2.75) is 45.7 Å². The lowest BCUT2D eigenvalue weighted by Gasteiger charge is -2.17. The van der Waals surface area contributed by atoms with Crippen molar-refractivity contribution in [2.24, 2.45) is 5.92 Å². The first-order valence-electron chi connectivity index (χ1n) is 6.76. The number of nitrogens with zero attached hydrogens (tertiary/aromatic N) is 3. The summed E-state index contributed by atoms with van der Waals surface area (Å²) in [7, 11) is 0. The monoisotopic (exact) mass is 252 g/mol. The van der Waals surface area contributed by atoms with Gasteiger partial charge in [-0.3, -0.25) is 0 Å². The van der Waals surface area contributed by atoms with Gasteiger partial charge in [0.2, 0.25) is 0 Å². The third kappa shape index (κ3) is 4.38. The first kappa shape index (κ1) is 13.5. The van der Waals surface area contributed by atoms with Gasteiger partial charge in [0, 0.05) is 19.7 Å². The first-order valence-corrected chi connectivity index (χ1v) is 6.76. The lowest BCUT2D eigenvalue weighted by atomic mass is 10.1. The van der Waals surface area contributed by atoms with Gasteiger partial charge in [-0.15, -0.1) is 5.10 Å². The van der Waals surface area contributed by atoms with Crippen LogP contribution in [0.1, 0.15) is 39.3 Å². The SMILES string of the molecule is CC(C)(C)n1cc(CNCCOCC2CC2)nn1. The topological polar surface area (TPSA) is 52.0 Å². The Morgan fingerprint density at radius 3 is 2.83 bits per heavy atom. The minimum atomic E-state index is -0.00136. The summed E-state index contributed by atoms with van der Waals surface area (Å²) in [5.41, 5.74) is 0.977. The fraction of sp³-hybridized carbons (Fsp3) is 0.846. The van der Waals surface area contributed by atoms with Gasteiger partial charge in [0.05, 0.1) is 24.0 Å². The molecule has 1 aliphatic carbocycles. The molecule has 0 radical (unpaired) electrons. The van der Waals surface area contributed by atoms with E-state index in [4.69, 9.17) is 4.74 Å². The molecular formula is C13H24N4O. The summed E-state index contributed by atoms with van der Waals surface area (Å²) in [5, 5.41) is 11.6. The number of hydrogen-bond acceptors (Lipinski definition) is 4. The van der Waals surface area contributed by atoms with Gasteiger partial charge in [-0.25, -0.2) is 4.68 Å². The molecule has 0 saturated heterocycles. The van der Waals surface area contributed by atoms with E-state index in [1.165, 1.54) is 12.8 Å². The molecule has 102 valence electrons. The lowest BCUT2D eigenvalue weighted by Crippen LogP contribution is -2.22. The van der Waals surface area contributed by atoms with Crippen LogP contribution < -0.4 is 5.32 Å². The smallest absolute Gasteiger partial charge is 0.0965 e. The number of rotatable bonds is 7. The predicted molar refractivity (Wildman–Crippen MR) is 70.3 cm³/mol. The van der Waals surface area contributed by atoms with Crippen LogP contribution in [-0.2, 0) is 16.8 Å². The average Bonchev–Trinajstić information content (AvgIpc) is 2.98. The van der Waals surface area contributed by atoms with Crippen molar-refractivity contribution in [3.8, 4) is 0 Å². The molecule has 0 aromatic carbocycles. The molecule has 0 atom stereocenters. The molecule has 0 spiro atoms. The summed E-state index contributed by atoms with van der Waals surface area (Å²) in [6.45, 7) is 9.68. The van der Waals surface area contributed by atoms with Gasteiger partial charge in [-0.05, 0) is 39.5 Å². The normalized spacial score (nSPS) is 16.2. The maximum absolute atomic E-state index is 5.55. The second-order valence-corrected chi connectivity index (χ2v) is 6.02. The van der Waals surface area contributed by atoms with Crippen molar-refractivity contribution in [1.29, 1.82) is 0 Å². The van der Waals surface area contributed by atoms with Crippen LogP contribution in [0.4, 0.5) is 0 Å². The largest absolute Gasteiger partial charge is 0.380 e. The number of aromatic nitrogens is 3. The van der Waals surface area contributed by atoms with E-state index >= 15 is 0 Å². The average molecular weight is 252 g/mol. The Labute approximate surface area is 109 Å². The molecule has 1 aromatic rings. The van der Waals surface area contributed by atoms with Crippen LogP contribution in [0, 0.1) is 5.92 Å². The summed E-state index contributed by atoms with van der Waals surface area (Å²) >= 11 is 0. The molecule has 0 unspecified atom stereocenters. The van der Waals surface area contributed by atoms with Gasteiger partial charge in [0.1, 0.15) is 0 Å². The van der Waals surface area contributed by atoms with E-state index in [0.29, 0.717) is 0 Å². The predicted octanol–water partition coefficient (Wildman–Crippen LogP) is 1.55. The van der Waals surface area contributed by atoms with E-state index < -0.39 is 0 Å². The summed E-state index contributed by atoms with van der Waals surface area (Å²) in [4.78, 5) is 0. The Morgan fingerprint density at radius 1 is 1.44 bits per heavy atom. The van der Waals surface area contributed by atoms with E-state index in [2.05, 4.69) is 36.4 Å². The molecule has 5 heteroatoms.